The summed E-state index contributed by atoms with van der Waals surface area (Å²) in [5.41, 5.74) is 4.32. The predicted molar refractivity (Wildman–Crippen MR) is 154 cm³/mol. The predicted octanol–water partition coefficient (Wildman–Crippen LogP) is 6.73. The summed E-state index contributed by atoms with van der Waals surface area (Å²) in [6.07, 6.45) is 4.38. The van der Waals surface area contributed by atoms with E-state index in [0.29, 0.717) is 22.1 Å². The van der Waals surface area contributed by atoms with Crippen LogP contribution in [0.5, 0.6) is 5.75 Å². The van der Waals surface area contributed by atoms with Gasteiger partial charge < -0.3 is 9.30 Å². The normalized spacial score (nSPS) is 22.1. The third kappa shape index (κ3) is 3.95. The smallest absolute Gasteiger partial charge is 0.314 e. The van der Waals surface area contributed by atoms with Crippen LogP contribution in [0.4, 0.5) is 10.5 Å². The number of hydrogen-bond acceptors (Lipinski definition) is 7. The highest BCUT2D eigenvalue weighted by Gasteiger charge is 2.58. The first-order valence-electron chi connectivity index (χ1n) is 12.5. The van der Waals surface area contributed by atoms with E-state index in [4.69, 9.17) is 21.4 Å². The molecule has 1 aromatic heterocycles. The summed E-state index contributed by atoms with van der Waals surface area (Å²) in [5.74, 6) is -0.671. The summed E-state index contributed by atoms with van der Waals surface area (Å²) in [6, 6.07) is 25.3. The van der Waals surface area contributed by atoms with Crippen LogP contribution in [0.25, 0.3) is 11.8 Å². The zero-order chi connectivity index (χ0) is 27.4. The van der Waals surface area contributed by atoms with Crippen molar-refractivity contribution in [2.45, 2.75) is 18.3 Å². The van der Waals surface area contributed by atoms with Crippen LogP contribution in [0.2, 0.25) is 5.02 Å². The Balaban J connectivity index is 1.34. The van der Waals surface area contributed by atoms with Gasteiger partial charge in [0.05, 0.1) is 21.6 Å². The minimum Gasteiger partial charge on any atom is -0.444 e. The van der Waals surface area contributed by atoms with Gasteiger partial charge in [-0.15, -0.1) is 0 Å². The fourth-order valence-electron chi connectivity index (χ4n) is 5.30. The summed E-state index contributed by atoms with van der Waals surface area (Å²) < 4.78 is 8.51. The zero-order valence-electron chi connectivity index (χ0n) is 20.7. The maximum absolute atomic E-state index is 13.0. The third-order valence-corrected chi connectivity index (χ3v) is 8.31. The fraction of sp³-hybridized carbons (Fsp3) is 0.103. The minimum atomic E-state index is -1.35. The Hall–Kier alpha value is -4.54. The van der Waals surface area contributed by atoms with Gasteiger partial charge in [-0.3, -0.25) is 20.2 Å². The number of carbonyl (C=O) groups is 1. The van der Waals surface area contributed by atoms with Crippen molar-refractivity contribution >= 4 is 46.1 Å². The van der Waals surface area contributed by atoms with E-state index in [-0.39, 0.29) is 17.0 Å². The largest absolute Gasteiger partial charge is 0.444 e. The van der Waals surface area contributed by atoms with Crippen LogP contribution >= 0.6 is 23.4 Å². The van der Waals surface area contributed by atoms with Crippen molar-refractivity contribution in [3.63, 3.8) is 0 Å². The van der Waals surface area contributed by atoms with Gasteiger partial charge in [0.25, 0.3) is 10.9 Å². The van der Waals surface area contributed by atoms with Crippen LogP contribution in [0.3, 0.4) is 0 Å². The number of nitrogens with zero attached hydrogens (tertiary/aromatic N) is 4. The Morgan fingerprint density at radius 2 is 1.85 bits per heavy atom. The average molecular weight is 570 g/mol. The number of rotatable bonds is 4. The molecule has 40 heavy (non-hydrogen) atoms. The van der Waals surface area contributed by atoms with Gasteiger partial charge in [-0.05, 0) is 65.9 Å². The van der Waals surface area contributed by atoms with Gasteiger partial charge in [0.15, 0.2) is 0 Å². The second kappa shape index (κ2) is 9.29. The van der Waals surface area contributed by atoms with E-state index in [1.807, 2.05) is 82.5 Å². The van der Waals surface area contributed by atoms with Gasteiger partial charge in [0, 0.05) is 46.7 Å². The summed E-state index contributed by atoms with van der Waals surface area (Å²) >= 11 is 7.18. The molecule has 2 atom stereocenters. The van der Waals surface area contributed by atoms with Gasteiger partial charge in [0.1, 0.15) is 5.75 Å². The minimum absolute atomic E-state index is 0.0135. The van der Waals surface area contributed by atoms with Gasteiger partial charge >= 0.3 is 5.85 Å². The number of nitro groups is 1. The van der Waals surface area contributed by atoms with Crippen LogP contribution in [0, 0.1) is 10.1 Å². The Bertz CT molecular complexity index is 1730. The number of fused-ring (bicyclic) bond motifs is 4. The van der Waals surface area contributed by atoms with Crippen LogP contribution < -0.4 is 10.1 Å². The third-order valence-electron chi connectivity index (χ3n) is 7.15. The molecule has 9 nitrogen and oxygen atoms in total. The van der Waals surface area contributed by atoms with Crippen molar-refractivity contribution < 1.29 is 14.5 Å². The highest BCUT2D eigenvalue weighted by molar-refractivity contribution is 8.17. The molecule has 4 heterocycles. The molecule has 1 spiro atoms. The van der Waals surface area contributed by atoms with Crippen LogP contribution in [-0.4, -0.2) is 31.3 Å². The van der Waals surface area contributed by atoms with E-state index in [1.165, 1.54) is 12.1 Å². The van der Waals surface area contributed by atoms with Crippen molar-refractivity contribution in [3.05, 3.63) is 128 Å². The van der Waals surface area contributed by atoms with E-state index < -0.39 is 10.8 Å². The quantitative estimate of drug-likeness (QED) is 0.216. The van der Waals surface area contributed by atoms with E-state index in [9.17, 15) is 14.9 Å². The maximum atomic E-state index is 13.0. The van der Waals surface area contributed by atoms with Crippen molar-refractivity contribution in [2.24, 2.45) is 5.10 Å². The molecule has 0 aliphatic carbocycles. The number of carbonyl (C=O) groups excluding carboxylic acids is 1. The molecule has 0 radical (unpaired) electrons. The van der Waals surface area contributed by atoms with E-state index >= 15 is 0 Å². The van der Waals surface area contributed by atoms with E-state index in [2.05, 4.69) is 5.32 Å². The number of hydrazone groups is 1. The van der Waals surface area contributed by atoms with Gasteiger partial charge in [-0.25, -0.2) is 5.01 Å². The molecule has 0 saturated carbocycles. The molecule has 2 unspecified atom stereocenters. The Morgan fingerprint density at radius 1 is 1.07 bits per heavy atom. The van der Waals surface area contributed by atoms with Gasteiger partial charge in [0.2, 0.25) is 0 Å². The van der Waals surface area contributed by atoms with Gasteiger partial charge in [-0.1, -0.05) is 41.9 Å². The number of amides is 1. The highest BCUT2D eigenvalue weighted by Crippen LogP contribution is 2.52. The molecule has 1 N–H and O–H groups in total. The fourth-order valence-corrected chi connectivity index (χ4v) is 6.32. The summed E-state index contributed by atoms with van der Waals surface area (Å²) in [7, 11) is 0. The lowest BCUT2D eigenvalue weighted by Crippen LogP contribution is -2.61. The molecule has 198 valence electrons. The monoisotopic (exact) mass is 569 g/mol. The summed E-state index contributed by atoms with van der Waals surface area (Å²) in [4.78, 5) is 24.3. The molecule has 11 heteroatoms. The van der Waals surface area contributed by atoms with Crippen LogP contribution in [-0.2, 0) is 0 Å². The number of non-ortho nitro benzene ring substituents is 1. The number of para-hydroxylation sites is 1. The van der Waals surface area contributed by atoms with Crippen molar-refractivity contribution in [3.8, 4) is 11.4 Å². The number of benzene rings is 3. The Kier molecular flexibility index (Phi) is 5.69. The Morgan fingerprint density at radius 3 is 2.62 bits per heavy atom. The molecule has 1 fully saturated rings. The zero-order valence-corrected chi connectivity index (χ0v) is 22.3. The second-order valence-corrected chi connectivity index (χ2v) is 11.0. The topological polar surface area (TPSA) is 102 Å². The van der Waals surface area contributed by atoms with Crippen molar-refractivity contribution in [1.29, 1.82) is 0 Å². The highest BCUT2D eigenvalue weighted by atomic mass is 35.5. The summed E-state index contributed by atoms with van der Waals surface area (Å²) in [6.45, 7) is 0. The number of nitrogens with one attached hydrogen (secondary N) is 1. The van der Waals surface area contributed by atoms with Gasteiger partial charge in [-0.2, -0.15) is 5.10 Å². The molecule has 1 saturated heterocycles. The van der Waals surface area contributed by atoms with Crippen LogP contribution in [0.1, 0.15) is 29.3 Å². The molecule has 3 aromatic carbocycles. The molecular weight excluding hydrogens is 550 g/mol. The lowest BCUT2D eigenvalue weighted by atomic mass is 9.96. The van der Waals surface area contributed by atoms with Crippen molar-refractivity contribution in [1.82, 2.24) is 14.9 Å². The standard InChI is InChI=1S/C29H20ClN5O4S/c30-19-9-7-18(8-10-19)24-17-25-23-5-1-2-6-26(23)39-29(34(25)32-24)27(40-28(36)31-29)16-22-4-3-15-33(22)20-11-13-21(14-12-20)35(37)38/h1-16,25H,17H2,(H,31,36)/b27-16-. The number of nitro benzene ring substituents is 1. The first-order valence-corrected chi connectivity index (χ1v) is 13.7. The van der Waals surface area contributed by atoms with Crippen LogP contribution in [0.15, 0.2) is 101 Å². The SMILES string of the molecule is O=C1NC2(Oc3ccccc3C3CC(c4ccc(Cl)cc4)=NN32)/C(=C/c2cccn2-c2ccc([N+](=O)[O-])cc2)S1. The molecular formula is C29H20ClN5O4S. The molecule has 0 bridgehead atoms. The molecule has 7 rings (SSSR count). The molecule has 3 aliphatic heterocycles. The Labute approximate surface area is 237 Å². The lowest BCUT2D eigenvalue weighted by molar-refractivity contribution is -0.384. The number of hydrogen-bond donors (Lipinski definition) is 1. The first-order chi connectivity index (χ1) is 19.4. The molecule has 4 aromatic rings. The number of aromatic nitrogens is 1. The van der Waals surface area contributed by atoms with Crippen molar-refractivity contribution in [2.75, 3.05) is 0 Å². The number of ether oxygens (including phenoxy) is 1. The number of thioether (sulfide) groups is 1. The molecule has 3 aliphatic rings. The van der Waals surface area contributed by atoms with E-state index in [1.54, 1.807) is 12.1 Å². The average Bonchev–Trinajstić information content (AvgIpc) is 3.68. The second-order valence-electron chi connectivity index (χ2n) is 9.50. The first kappa shape index (κ1) is 24.5. The lowest BCUT2D eigenvalue weighted by Gasteiger charge is -2.45. The summed E-state index contributed by atoms with van der Waals surface area (Å²) in [5, 5.41) is 21.4. The van der Waals surface area contributed by atoms with E-state index in [0.717, 1.165) is 40.0 Å². The maximum Gasteiger partial charge on any atom is 0.314 e. The molecule has 1 amide bonds. The number of halogens is 1.